The highest BCUT2D eigenvalue weighted by Gasteiger charge is 2.11. The number of aromatic nitrogens is 2. The third kappa shape index (κ3) is 3.82. The van der Waals surface area contributed by atoms with Gasteiger partial charge in [0.25, 0.3) is 5.56 Å². The summed E-state index contributed by atoms with van der Waals surface area (Å²) >= 11 is 6.00. The Morgan fingerprint density at radius 2 is 2.10 bits per heavy atom. The van der Waals surface area contributed by atoms with E-state index in [2.05, 4.69) is 15.2 Å². The molecule has 0 spiro atoms. The van der Waals surface area contributed by atoms with Crippen molar-refractivity contribution in [3.05, 3.63) is 57.5 Å². The summed E-state index contributed by atoms with van der Waals surface area (Å²) in [5.74, 6) is -0.564. The minimum Gasteiger partial charge on any atom is -0.468 e. The zero-order chi connectivity index (χ0) is 15.2. The molecule has 0 unspecified atom stereocenters. The molecule has 0 saturated carbocycles. The van der Waals surface area contributed by atoms with E-state index in [1.807, 2.05) is 30.3 Å². The van der Waals surface area contributed by atoms with Gasteiger partial charge in [-0.2, -0.15) is 5.10 Å². The maximum absolute atomic E-state index is 12.0. The second-order valence-corrected chi connectivity index (χ2v) is 4.63. The third-order valence-electron chi connectivity index (χ3n) is 2.82. The monoisotopic (exact) mass is 307 g/mol. The molecule has 0 aliphatic heterocycles. The van der Waals surface area contributed by atoms with Gasteiger partial charge in [-0.25, -0.2) is 4.68 Å². The molecule has 21 heavy (non-hydrogen) atoms. The average Bonchev–Trinajstić information content (AvgIpc) is 2.52. The molecule has 1 aromatic carbocycles. The molecule has 0 aliphatic carbocycles. The first-order valence-electron chi connectivity index (χ1n) is 6.22. The number of esters is 1. The highest BCUT2D eigenvalue weighted by atomic mass is 35.5. The van der Waals surface area contributed by atoms with Gasteiger partial charge in [0.2, 0.25) is 0 Å². The summed E-state index contributed by atoms with van der Waals surface area (Å²) in [6.45, 7) is 0.247. The lowest BCUT2D eigenvalue weighted by Crippen LogP contribution is -2.28. The summed E-state index contributed by atoms with van der Waals surface area (Å²) in [5.41, 5.74) is 0.930. The number of rotatable bonds is 5. The van der Waals surface area contributed by atoms with Crippen molar-refractivity contribution < 1.29 is 9.53 Å². The first-order chi connectivity index (χ1) is 10.1. The van der Waals surface area contributed by atoms with E-state index in [0.29, 0.717) is 12.2 Å². The maximum atomic E-state index is 12.0. The second kappa shape index (κ2) is 6.90. The zero-order valence-corrected chi connectivity index (χ0v) is 12.1. The quantitative estimate of drug-likeness (QED) is 0.851. The number of halogens is 1. The molecule has 2 aromatic rings. The largest absolute Gasteiger partial charge is 0.468 e. The molecule has 7 heteroatoms. The van der Waals surface area contributed by atoms with Crippen LogP contribution >= 0.6 is 11.6 Å². The number of benzene rings is 1. The number of anilines is 1. The van der Waals surface area contributed by atoms with Crippen molar-refractivity contribution in [2.75, 3.05) is 12.4 Å². The molecular weight excluding hydrogens is 294 g/mol. The fourth-order valence-electron chi connectivity index (χ4n) is 1.68. The van der Waals surface area contributed by atoms with E-state index in [-0.39, 0.29) is 11.6 Å². The maximum Gasteiger partial charge on any atom is 0.327 e. The smallest absolute Gasteiger partial charge is 0.327 e. The lowest BCUT2D eigenvalue weighted by atomic mass is 10.2. The minimum absolute atomic E-state index is 0.00941. The van der Waals surface area contributed by atoms with Gasteiger partial charge in [-0.15, -0.1) is 0 Å². The predicted molar refractivity (Wildman–Crippen MR) is 79.3 cm³/mol. The molecule has 0 atom stereocenters. The van der Waals surface area contributed by atoms with Gasteiger partial charge >= 0.3 is 5.97 Å². The summed E-state index contributed by atoms with van der Waals surface area (Å²) in [6, 6.07) is 9.67. The van der Waals surface area contributed by atoms with Gasteiger partial charge < -0.3 is 10.1 Å². The molecule has 0 bridgehead atoms. The Hall–Kier alpha value is -2.34. The van der Waals surface area contributed by atoms with Crippen molar-refractivity contribution in [3.8, 4) is 0 Å². The van der Waals surface area contributed by atoms with Gasteiger partial charge in [0, 0.05) is 6.54 Å². The van der Waals surface area contributed by atoms with Crippen LogP contribution in [0, 0.1) is 0 Å². The highest BCUT2D eigenvalue weighted by molar-refractivity contribution is 6.32. The SMILES string of the molecule is COC(=O)Cn1ncc(NCc2ccccc2)c(Cl)c1=O. The van der Waals surface area contributed by atoms with Gasteiger partial charge in [0.05, 0.1) is 19.0 Å². The molecular formula is C14H14ClN3O3. The Bertz CT molecular complexity index is 686. The molecule has 1 heterocycles. The molecule has 2 rings (SSSR count). The summed E-state index contributed by atoms with van der Waals surface area (Å²) in [6.07, 6.45) is 1.41. The Balaban J connectivity index is 2.13. The Morgan fingerprint density at radius 1 is 1.38 bits per heavy atom. The molecule has 0 fully saturated rings. The highest BCUT2D eigenvalue weighted by Crippen LogP contribution is 2.16. The topological polar surface area (TPSA) is 73.2 Å². The second-order valence-electron chi connectivity index (χ2n) is 4.25. The molecule has 110 valence electrons. The normalized spacial score (nSPS) is 10.2. The minimum atomic E-state index is -0.564. The van der Waals surface area contributed by atoms with Crippen molar-refractivity contribution in [2.45, 2.75) is 13.1 Å². The van der Waals surface area contributed by atoms with Gasteiger partial charge in [-0.3, -0.25) is 9.59 Å². The fourth-order valence-corrected chi connectivity index (χ4v) is 1.89. The zero-order valence-electron chi connectivity index (χ0n) is 11.4. The Kier molecular flexibility index (Phi) is 4.94. The number of nitrogens with zero attached hydrogens (tertiary/aromatic N) is 2. The van der Waals surface area contributed by atoms with E-state index in [1.165, 1.54) is 13.3 Å². The van der Waals surface area contributed by atoms with Crippen LogP contribution in [0.5, 0.6) is 0 Å². The summed E-state index contributed by atoms with van der Waals surface area (Å²) < 4.78 is 5.45. The van der Waals surface area contributed by atoms with Crippen molar-refractivity contribution >= 4 is 23.3 Å². The molecule has 0 saturated heterocycles. The van der Waals surface area contributed by atoms with Crippen molar-refractivity contribution in [3.63, 3.8) is 0 Å². The number of hydrogen-bond donors (Lipinski definition) is 1. The summed E-state index contributed by atoms with van der Waals surface area (Å²) in [5, 5.41) is 6.93. The van der Waals surface area contributed by atoms with E-state index in [4.69, 9.17) is 11.6 Å². The van der Waals surface area contributed by atoms with E-state index in [9.17, 15) is 9.59 Å². The van der Waals surface area contributed by atoms with Gasteiger partial charge in [-0.05, 0) is 5.56 Å². The van der Waals surface area contributed by atoms with E-state index >= 15 is 0 Å². The van der Waals surface area contributed by atoms with Gasteiger partial charge in [-0.1, -0.05) is 41.9 Å². The van der Waals surface area contributed by atoms with Crippen molar-refractivity contribution in [1.29, 1.82) is 0 Å². The summed E-state index contributed by atoms with van der Waals surface area (Å²) in [7, 11) is 1.24. The van der Waals surface area contributed by atoms with Crippen LogP contribution in [-0.4, -0.2) is 22.9 Å². The van der Waals surface area contributed by atoms with Gasteiger partial charge in [0.1, 0.15) is 11.6 Å². The first kappa shape index (κ1) is 15.1. The van der Waals surface area contributed by atoms with Crippen LogP contribution in [0.15, 0.2) is 41.3 Å². The molecule has 6 nitrogen and oxygen atoms in total. The van der Waals surface area contributed by atoms with Gasteiger partial charge in [0.15, 0.2) is 0 Å². The first-order valence-corrected chi connectivity index (χ1v) is 6.60. The molecule has 0 radical (unpaired) electrons. The van der Waals surface area contributed by atoms with Crippen LogP contribution in [0.25, 0.3) is 0 Å². The third-order valence-corrected chi connectivity index (χ3v) is 3.18. The number of nitrogens with one attached hydrogen (secondary N) is 1. The van der Waals surface area contributed by atoms with Crippen LogP contribution < -0.4 is 10.9 Å². The van der Waals surface area contributed by atoms with Crippen LogP contribution in [0.1, 0.15) is 5.56 Å². The molecule has 0 amide bonds. The van der Waals surface area contributed by atoms with E-state index in [0.717, 1.165) is 10.2 Å². The van der Waals surface area contributed by atoms with Crippen LogP contribution in [-0.2, 0) is 22.6 Å². The van der Waals surface area contributed by atoms with Crippen molar-refractivity contribution in [2.24, 2.45) is 0 Å². The Labute approximate surface area is 126 Å². The molecule has 0 aliphatic rings. The predicted octanol–water partition coefficient (Wildman–Crippen LogP) is 1.68. The van der Waals surface area contributed by atoms with Crippen LogP contribution in [0.4, 0.5) is 5.69 Å². The number of methoxy groups -OCH3 is 1. The average molecular weight is 308 g/mol. The van der Waals surface area contributed by atoms with Crippen LogP contribution in [0.3, 0.4) is 0 Å². The van der Waals surface area contributed by atoms with E-state index in [1.54, 1.807) is 0 Å². The lowest BCUT2D eigenvalue weighted by Gasteiger charge is -2.09. The number of carbonyl (C=O) groups is 1. The fraction of sp³-hybridized carbons (Fsp3) is 0.214. The number of ether oxygens (including phenoxy) is 1. The summed E-state index contributed by atoms with van der Waals surface area (Å²) in [4.78, 5) is 23.1. The molecule has 1 N–H and O–H groups in total. The van der Waals surface area contributed by atoms with Crippen molar-refractivity contribution in [1.82, 2.24) is 9.78 Å². The number of carbonyl (C=O) groups excluding carboxylic acids is 1. The standard InChI is InChI=1S/C14H14ClN3O3/c1-21-12(19)9-18-14(20)13(15)11(8-17-18)16-7-10-5-3-2-4-6-10/h2-6,8,16H,7,9H2,1H3. The van der Waals surface area contributed by atoms with Crippen LogP contribution in [0.2, 0.25) is 5.02 Å². The van der Waals surface area contributed by atoms with E-state index < -0.39 is 11.5 Å². The number of hydrogen-bond acceptors (Lipinski definition) is 5. The Morgan fingerprint density at radius 3 is 2.76 bits per heavy atom. The lowest BCUT2D eigenvalue weighted by molar-refractivity contribution is -0.141. The molecule has 1 aromatic heterocycles.